The van der Waals surface area contributed by atoms with Crippen LogP contribution in [0.15, 0.2) is 18.3 Å². The van der Waals surface area contributed by atoms with Gasteiger partial charge >= 0.3 is 6.09 Å². The number of anilines is 2. The van der Waals surface area contributed by atoms with Crippen molar-refractivity contribution < 1.29 is 22.7 Å². The standard InChI is InChI=1S/C25H29F3N6O2/c1-12-9-17(15-10-16(26)21(29)20(28)19(15)27)33-18-11-30-23(34-22(12)18)31-13-5-7-14(8-6-13)32-24(35)36-25(2,3)4/h9-11,13-14H,5-8,29H2,1-4H3,(H,32,35)(H,30,31,34)/t13-,14-. The first kappa shape index (κ1) is 25.5. The van der Waals surface area contributed by atoms with Crippen LogP contribution in [0.5, 0.6) is 0 Å². The number of alkyl carbamates (subject to hydrolysis) is 1. The van der Waals surface area contributed by atoms with Crippen LogP contribution in [0.2, 0.25) is 0 Å². The predicted molar refractivity (Wildman–Crippen MR) is 131 cm³/mol. The largest absolute Gasteiger partial charge is 0.444 e. The highest BCUT2D eigenvalue weighted by Gasteiger charge is 2.25. The maximum atomic E-state index is 14.4. The molecule has 0 atom stereocenters. The van der Waals surface area contributed by atoms with E-state index in [0.717, 1.165) is 31.7 Å². The molecule has 0 radical (unpaired) electrons. The summed E-state index contributed by atoms with van der Waals surface area (Å²) in [4.78, 5) is 25.2. The Morgan fingerprint density at radius 2 is 1.72 bits per heavy atom. The van der Waals surface area contributed by atoms with E-state index in [4.69, 9.17) is 10.5 Å². The fraction of sp³-hybridized carbons (Fsp3) is 0.440. The minimum Gasteiger partial charge on any atom is -0.444 e. The SMILES string of the molecule is Cc1cc(-c2cc(F)c(N)c(F)c2F)nc2cnc(N[C@H]3CC[C@H](NC(=O)OC(C)(C)C)CC3)nc12. The van der Waals surface area contributed by atoms with E-state index in [1.54, 1.807) is 6.92 Å². The second-order valence-corrected chi connectivity index (χ2v) is 10.0. The van der Waals surface area contributed by atoms with Crippen molar-refractivity contribution in [3.63, 3.8) is 0 Å². The Bertz CT molecular complexity index is 1300. The number of aryl methyl sites for hydroxylation is 1. The van der Waals surface area contributed by atoms with Gasteiger partial charge in [-0.2, -0.15) is 0 Å². The molecule has 11 heteroatoms. The van der Waals surface area contributed by atoms with Crippen molar-refractivity contribution in [1.29, 1.82) is 0 Å². The van der Waals surface area contributed by atoms with Crippen LogP contribution >= 0.6 is 0 Å². The molecule has 2 aromatic heterocycles. The molecular weight excluding hydrogens is 473 g/mol. The average Bonchev–Trinajstić information content (AvgIpc) is 2.80. The zero-order chi connectivity index (χ0) is 26.2. The van der Waals surface area contributed by atoms with Crippen molar-refractivity contribution >= 4 is 28.8 Å². The van der Waals surface area contributed by atoms with Gasteiger partial charge < -0.3 is 21.1 Å². The summed E-state index contributed by atoms with van der Waals surface area (Å²) < 4.78 is 47.6. The number of fused-ring (bicyclic) bond motifs is 1. The molecule has 4 N–H and O–H groups in total. The number of carbonyl (C=O) groups excluding carboxylic acids is 1. The normalized spacial score (nSPS) is 18.2. The van der Waals surface area contributed by atoms with Gasteiger partial charge in [0.25, 0.3) is 0 Å². The molecule has 3 aromatic rings. The average molecular weight is 503 g/mol. The number of rotatable bonds is 4. The first-order chi connectivity index (χ1) is 16.9. The number of halogens is 3. The van der Waals surface area contributed by atoms with Gasteiger partial charge in [0.05, 0.1) is 17.4 Å². The molecule has 1 saturated carbocycles. The number of carbonyl (C=O) groups is 1. The van der Waals surface area contributed by atoms with Crippen LogP contribution in [-0.2, 0) is 4.74 Å². The second-order valence-electron chi connectivity index (χ2n) is 10.0. The summed E-state index contributed by atoms with van der Waals surface area (Å²) in [6.07, 6.45) is 4.27. The highest BCUT2D eigenvalue weighted by atomic mass is 19.2. The number of benzene rings is 1. The first-order valence-corrected chi connectivity index (χ1v) is 11.7. The molecule has 4 rings (SSSR count). The summed E-state index contributed by atoms with van der Waals surface area (Å²) in [6, 6.07) is 2.51. The third-order valence-corrected chi connectivity index (χ3v) is 5.99. The minimum atomic E-state index is -1.45. The summed E-state index contributed by atoms with van der Waals surface area (Å²) in [5.41, 5.74) is 5.07. The van der Waals surface area contributed by atoms with Gasteiger partial charge in [-0.25, -0.2) is 32.9 Å². The van der Waals surface area contributed by atoms with Gasteiger partial charge in [-0.1, -0.05) is 0 Å². The summed E-state index contributed by atoms with van der Waals surface area (Å²) in [5.74, 6) is -3.36. The molecule has 0 spiro atoms. The lowest BCUT2D eigenvalue weighted by molar-refractivity contribution is 0.0492. The fourth-order valence-corrected chi connectivity index (χ4v) is 4.22. The minimum absolute atomic E-state index is 0.0451. The lowest BCUT2D eigenvalue weighted by Gasteiger charge is -2.30. The van der Waals surface area contributed by atoms with Crippen molar-refractivity contribution in [3.05, 3.63) is 41.3 Å². The van der Waals surface area contributed by atoms with Gasteiger partial charge in [0, 0.05) is 17.6 Å². The quantitative estimate of drug-likeness (QED) is 0.330. The second kappa shape index (κ2) is 9.79. The van der Waals surface area contributed by atoms with Crippen LogP contribution in [0.25, 0.3) is 22.3 Å². The Morgan fingerprint density at radius 3 is 2.39 bits per heavy atom. The number of hydrogen-bond donors (Lipinski definition) is 3. The highest BCUT2D eigenvalue weighted by Crippen LogP contribution is 2.31. The molecule has 8 nitrogen and oxygen atoms in total. The van der Waals surface area contributed by atoms with Crippen molar-refractivity contribution in [2.45, 2.75) is 71.1 Å². The molecule has 2 heterocycles. The van der Waals surface area contributed by atoms with Crippen LogP contribution in [0.4, 0.5) is 29.6 Å². The maximum Gasteiger partial charge on any atom is 0.407 e. The Hall–Kier alpha value is -3.63. The van der Waals surface area contributed by atoms with E-state index in [1.807, 2.05) is 20.8 Å². The molecule has 0 bridgehead atoms. The molecule has 0 aliphatic heterocycles. The molecule has 1 aromatic carbocycles. The van der Waals surface area contributed by atoms with E-state index >= 15 is 0 Å². The molecule has 1 fully saturated rings. The van der Waals surface area contributed by atoms with Gasteiger partial charge in [-0.15, -0.1) is 0 Å². The van der Waals surface area contributed by atoms with Crippen LogP contribution in [0.1, 0.15) is 52.0 Å². The summed E-state index contributed by atoms with van der Waals surface area (Å²) in [7, 11) is 0. The van der Waals surface area contributed by atoms with E-state index in [2.05, 4.69) is 25.6 Å². The van der Waals surface area contributed by atoms with Crippen LogP contribution < -0.4 is 16.4 Å². The van der Waals surface area contributed by atoms with Gasteiger partial charge in [0.2, 0.25) is 5.95 Å². The number of hydrogen-bond acceptors (Lipinski definition) is 7. The van der Waals surface area contributed by atoms with Crippen molar-refractivity contribution in [2.24, 2.45) is 0 Å². The molecule has 1 aliphatic rings. The fourth-order valence-electron chi connectivity index (χ4n) is 4.22. The number of ether oxygens (including phenoxy) is 1. The van der Waals surface area contributed by atoms with Gasteiger partial charge in [-0.3, -0.25) is 0 Å². The number of amides is 1. The summed E-state index contributed by atoms with van der Waals surface area (Å²) >= 11 is 0. The molecule has 1 amide bonds. The van der Waals surface area contributed by atoms with Gasteiger partial charge in [0.15, 0.2) is 11.6 Å². The van der Waals surface area contributed by atoms with Gasteiger partial charge in [-0.05, 0) is 71.1 Å². The Kier molecular flexibility index (Phi) is 6.92. The number of aromatic nitrogens is 3. The van der Waals surface area contributed by atoms with E-state index < -0.39 is 34.8 Å². The Morgan fingerprint density at radius 1 is 1.06 bits per heavy atom. The van der Waals surface area contributed by atoms with E-state index in [0.29, 0.717) is 22.5 Å². The molecular formula is C25H29F3N6O2. The van der Waals surface area contributed by atoms with Crippen molar-refractivity contribution in [3.8, 4) is 11.3 Å². The number of nitrogens with one attached hydrogen (secondary N) is 2. The number of nitrogens with zero attached hydrogens (tertiary/aromatic N) is 3. The zero-order valence-electron chi connectivity index (χ0n) is 20.6. The number of pyridine rings is 1. The molecule has 192 valence electrons. The van der Waals surface area contributed by atoms with E-state index in [9.17, 15) is 18.0 Å². The molecule has 1 aliphatic carbocycles. The third-order valence-electron chi connectivity index (χ3n) is 5.99. The van der Waals surface area contributed by atoms with E-state index in [1.165, 1.54) is 12.3 Å². The van der Waals surface area contributed by atoms with Gasteiger partial charge in [0.1, 0.15) is 22.6 Å². The lowest BCUT2D eigenvalue weighted by atomic mass is 9.91. The number of nitrogen functional groups attached to an aromatic ring is 1. The molecule has 0 saturated heterocycles. The molecule has 36 heavy (non-hydrogen) atoms. The summed E-state index contributed by atoms with van der Waals surface area (Å²) in [6.45, 7) is 7.22. The third kappa shape index (κ3) is 5.60. The topological polar surface area (TPSA) is 115 Å². The maximum absolute atomic E-state index is 14.4. The highest BCUT2D eigenvalue weighted by molar-refractivity contribution is 5.82. The van der Waals surface area contributed by atoms with Crippen molar-refractivity contribution in [2.75, 3.05) is 11.1 Å². The lowest BCUT2D eigenvalue weighted by Crippen LogP contribution is -2.42. The number of nitrogens with two attached hydrogens (primary N) is 1. The smallest absolute Gasteiger partial charge is 0.407 e. The Balaban J connectivity index is 1.45. The van der Waals surface area contributed by atoms with Crippen LogP contribution in [-0.4, -0.2) is 38.7 Å². The van der Waals surface area contributed by atoms with Crippen molar-refractivity contribution in [1.82, 2.24) is 20.3 Å². The predicted octanol–water partition coefficient (Wildman–Crippen LogP) is 5.25. The van der Waals surface area contributed by atoms with Crippen LogP contribution in [0.3, 0.4) is 0 Å². The van der Waals surface area contributed by atoms with Crippen LogP contribution in [0, 0.1) is 24.4 Å². The zero-order valence-corrected chi connectivity index (χ0v) is 20.6. The monoisotopic (exact) mass is 502 g/mol. The summed E-state index contributed by atoms with van der Waals surface area (Å²) in [5, 5.41) is 6.24. The Labute approximate surface area is 206 Å². The first-order valence-electron chi connectivity index (χ1n) is 11.7. The van der Waals surface area contributed by atoms with E-state index in [-0.39, 0.29) is 23.3 Å². The molecule has 0 unspecified atom stereocenters.